The molecule has 1 aromatic carbocycles. The largest absolute Gasteiger partial charge is 0.476 e. The average molecular weight is 597 g/mol. The number of halogens is 1. The number of hydrogen-bond donors (Lipinski definition) is 3. The quantitative estimate of drug-likeness (QED) is 0.205. The lowest BCUT2D eigenvalue weighted by Crippen LogP contribution is -2.41. The zero-order valence-electron chi connectivity index (χ0n) is 23.3. The first kappa shape index (κ1) is 30.6. The number of ether oxygens (including phenoxy) is 3. The predicted molar refractivity (Wildman–Crippen MR) is 145 cm³/mol. The van der Waals surface area contributed by atoms with Gasteiger partial charge in [0.2, 0.25) is 11.8 Å². The van der Waals surface area contributed by atoms with E-state index in [9.17, 15) is 14.5 Å². The van der Waals surface area contributed by atoms with Gasteiger partial charge in [0.1, 0.15) is 24.0 Å². The molecule has 0 saturated carbocycles. The number of aromatic nitrogens is 4. The molecule has 16 heteroatoms. The van der Waals surface area contributed by atoms with Crippen LogP contribution in [0.3, 0.4) is 0 Å². The maximum atomic E-state index is 16.0. The summed E-state index contributed by atoms with van der Waals surface area (Å²) < 4.78 is 58.8. The molecule has 1 aliphatic rings. The van der Waals surface area contributed by atoms with Crippen molar-refractivity contribution in [2.45, 2.75) is 70.9 Å². The van der Waals surface area contributed by atoms with Gasteiger partial charge < -0.3 is 29.6 Å². The molecule has 0 aliphatic carbocycles. The summed E-state index contributed by atoms with van der Waals surface area (Å²) in [6, 6.07) is 7.03. The van der Waals surface area contributed by atoms with Gasteiger partial charge in [-0.15, -0.1) is 0 Å². The number of rotatable bonds is 12. The number of benzene rings is 1. The number of aliphatic hydroxyl groups excluding tert-OH is 1. The van der Waals surface area contributed by atoms with Crippen LogP contribution in [0.4, 0.5) is 10.3 Å². The van der Waals surface area contributed by atoms with Crippen molar-refractivity contribution < 1.29 is 42.1 Å². The minimum absolute atomic E-state index is 0.114. The number of alkyl halides is 1. The number of fused-ring (bicyclic) bond motifs is 1. The maximum absolute atomic E-state index is 16.0. The van der Waals surface area contributed by atoms with Crippen molar-refractivity contribution in [1.29, 1.82) is 0 Å². The maximum Gasteiger partial charge on any atom is 0.459 e. The lowest BCUT2D eigenvalue weighted by Gasteiger charge is -2.25. The van der Waals surface area contributed by atoms with Gasteiger partial charge in [0.15, 0.2) is 23.1 Å². The van der Waals surface area contributed by atoms with Gasteiger partial charge in [-0.05, 0) is 46.8 Å². The van der Waals surface area contributed by atoms with Gasteiger partial charge in [-0.3, -0.25) is 13.9 Å². The zero-order chi connectivity index (χ0) is 29.9. The number of aliphatic hydroxyl groups is 1. The summed E-state index contributed by atoms with van der Waals surface area (Å²) in [7, 11) is -4.29. The Labute approximate surface area is 235 Å². The number of nitrogens with one attached hydrogen (secondary N) is 1. The van der Waals surface area contributed by atoms with Crippen molar-refractivity contribution in [2.24, 2.45) is 0 Å². The summed E-state index contributed by atoms with van der Waals surface area (Å²) in [5.74, 6) is -0.519. The smallest absolute Gasteiger partial charge is 0.459 e. The molecule has 6 atom stereocenters. The number of carbonyl (C=O) groups excluding carboxylic acids is 1. The van der Waals surface area contributed by atoms with E-state index in [1.807, 2.05) is 0 Å². The van der Waals surface area contributed by atoms with Crippen molar-refractivity contribution in [3.8, 4) is 11.6 Å². The van der Waals surface area contributed by atoms with Crippen molar-refractivity contribution >= 4 is 30.8 Å². The number of nitrogens with two attached hydrogens (primary N) is 1. The molecule has 0 bridgehead atoms. The van der Waals surface area contributed by atoms with Gasteiger partial charge in [-0.2, -0.15) is 15.1 Å². The number of para-hydroxylation sites is 1. The summed E-state index contributed by atoms with van der Waals surface area (Å²) in [6.07, 6.45) is -3.61. The predicted octanol–water partition coefficient (Wildman–Crippen LogP) is 2.93. The summed E-state index contributed by atoms with van der Waals surface area (Å²) in [5.41, 5.74) is 3.79. The second kappa shape index (κ2) is 12.2. The molecule has 3 aromatic rings. The van der Waals surface area contributed by atoms with Crippen LogP contribution in [-0.2, 0) is 23.4 Å². The fourth-order valence-electron chi connectivity index (χ4n) is 4.17. The molecule has 3 heterocycles. The average Bonchev–Trinajstić information content (AvgIpc) is 3.41. The van der Waals surface area contributed by atoms with Crippen LogP contribution in [0.15, 0.2) is 36.7 Å². The Morgan fingerprint density at radius 2 is 2.00 bits per heavy atom. The standard InChI is InChI=1S/C25H34FN6O8P/c1-6-36-21-18-20(29-24(27)30-21)32(13-28-18)23-25(5,26)19(33)17(39-23)12-37-41(35,40-16-10-8-7-9-11-16)31-15(4)22(34)38-14(2)3/h7-11,13-15,17,19,23,33H,6,12H2,1-5H3,(H,31,35)(H2,27,29,30)/t15?,17?,19-,23-,25-,41-/m1/s1. The molecule has 41 heavy (non-hydrogen) atoms. The summed E-state index contributed by atoms with van der Waals surface area (Å²) >= 11 is 0. The summed E-state index contributed by atoms with van der Waals surface area (Å²) in [5, 5.41) is 13.4. The van der Waals surface area contributed by atoms with Crippen molar-refractivity contribution in [3.05, 3.63) is 36.7 Å². The van der Waals surface area contributed by atoms with E-state index in [2.05, 4.69) is 20.0 Å². The first-order valence-electron chi connectivity index (χ1n) is 13.0. The van der Waals surface area contributed by atoms with Gasteiger partial charge in [-0.1, -0.05) is 18.2 Å². The second-order valence-corrected chi connectivity index (χ2v) is 11.5. The Morgan fingerprint density at radius 3 is 2.66 bits per heavy atom. The first-order valence-corrected chi connectivity index (χ1v) is 14.5. The van der Waals surface area contributed by atoms with Crippen LogP contribution in [0.1, 0.15) is 40.8 Å². The van der Waals surface area contributed by atoms with E-state index < -0.39 is 56.6 Å². The number of nitrogen functional groups attached to an aromatic ring is 1. The highest BCUT2D eigenvalue weighted by Crippen LogP contribution is 2.48. The van der Waals surface area contributed by atoms with Crippen molar-refractivity contribution in [1.82, 2.24) is 24.6 Å². The zero-order valence-corrected chi connectivity index (χ0v) is 24.2. The Kier molecular flexibility index (Phi) is 9.14. The van der Waals surface area contributed by atoms with E-state index in [1.165, 1.54) is 17.8 Å². The van der Waals surface area contributed by atoms with Gasteiger partial charge in [0.25, 0.3) is 0 Å². The molecular weight excluding hydrogens is 562 g/mol. The Bertz CT molecular complexity index is 1410. The number of esters is 1. The SMILES string of the molecule is CCOc1nc(N)nc2c1ncn2[C@@H]1OC(CO[P@](=O)(NC(C)C(=O)OC(C)C)Oc2ccccc2)[C@@H](O)[C@@]1(C)F. The van der Waals surface area contributed by atoms with Crippen LogP contribution < -0.4 is 20.1 Å². The van der Waals surface area contributed by atoms with Crippen LogP contribution in [0.5, 0.6) is 11.6 Å². The third kappa shape index (κ3) is 6.76. The van der Waals surface area contributed by atoms with E-state index >= 15 is 4.39 Å². The number of carbonyl (C=O) groups is 1. The normalized spacial score (nSPS) is 24.7. The van der Waals surface area contributed by atoms with Gasteiger partial charge >= 0.3 is 13.7 Å². The van der Waals surface area contributed by atoms with Gasteiger partial charge in [0.05, 0.1) is 25.6 Å². The molecule has 2 unspecified atom stereocenters. The molecule has 1 saturated heterocycles. The molecular formula is C25H34FN6O8P. The Balaban J connectivity index is 1.56. The molecule has 4 rings (SSSR count). The van der Waals surface area contributed by atoms with E-state index in [0.717, 1.165) is 6.92 Å². The van der Waals surface area contributed by atoms with Crippen LogP contribution in [0.2, 0.25) is 0 Å². The van der Waals surface area contributed by atoms with E-state index in [0.29, 0.717) is 0 Å². The molecule has 1 aliphatic heterocycles. The van der Waals surface area contributed by atoms with E-state index in [-0.39, 0.29) is 35.3 Å². The van der Waals surface area contributed by atoms with E-state index in [4.69, 9.17) is 29.0 Å². The molecule has 4 N–H and O–H groups in total. The molecule has 14 nitrogen and oxygen atoms in total. The number of hydrogen-bond acceptors (Lipinski definition) is 12. The fourth-order valence-corrected chi connectivity index (χ4v) is 5.67. The third-order valence-electron chi connectivity index (χ3n) is 6.09. The van der Waals surface area contributed by atoms with Crippen LogP contribution >= 0.6 is 7.75 Å². The number of nitrogens with zero attached hydrogens (tertiary/aromatic N) is 4. The van der Waals surface area contributed by atoms with Crippen molar-refractivity contribution in [2.75, 3.05) is 18.9 Å². The lowest BCUT2D eigenvalue weighted by molar-refractivity contribution is -0.149. The second-order valence-electron chi connectivity index (χ2n) is 9.80. The highest BCUT2D eigenvalue weighted by atomic mass is 31.2. The Morgan fingerprint density at radius 1 is 1.29 bits per heavy atom. The summed E-state index contributed by atoms with van der Waals surface area (Å²) in [4.78, 5) is 24.8. The van der Waals surface area contributed by atoms with E-state index in [1.54, 1.807) is 51.1 Å². The molecule has 224 valence electrons. The van der Waals surface area contributed by atoms with Crippen molar-refractivity contribution in [3.63, 3.8) is 0 Å². The monoisotopic (exact) mass is 596 g/mol. The third-order valence-corrected chi connectivity index (χ3v) is 7.74. The first-order chi connectivity index (χ1) is 19.3. The number of imidazole rings is 1. The summed E-state index contributed by atoms with van der Waals surface area (Å²) in [6.45, 7) is 7.38. The molecule has 0 amide bonds. The van der Waals surface area contributed by atoms with Crippen LogP contribution in [-0.4, -0.2) is 73.8 Å². The fraction of sp³-hybridized carbons (Fsp3) is 0.520. The lowest BCUT2D eigenvalue weighted by atomic mass is 9.98. The van der Waals surface area contributed by atoms with Crippen LogP contribution in [0.25, 0.3) is 11.2 Å². The Hall–Kier alpha value is -3.36. The number of anilines is 1. The molecule has 0 radical (unpaired) electrons. The topological polar surface area (TPSA) is 182 Å². The molecule has 1 fully saturated rings. The minimum Gasteiger partial charge on any atom is -0.476 e. The van der Waals surface area contributed by atoms with Gasteiger partial charge in [-0.25, -0.2) is 13.9 Å². The van der Waals surface area contributed by atoms with Crippen LogP contribution in [0, 0.1) is 0 Å². The minimum atomic E-state index is -4.29. The highest BCUT2D eigenvalue weighted by molar-refractivity contribution is 7.52. The molecule has 0 spiro atoms. The van der Waals surface area contributed by atoms with Gasteiger partial charge in [0, 0.05) is 0 Å². The molecule has 2 aromatic heterocycles. The highest BCUT2D eigenvalue weighted by Gasteiger charge is 2.56.